The van der Waals surface area contributed by atoms with E-state index in [1.807, 2.05) is 20.8 Å². The highest BCUT2D eigenvalue weighted by molar-refractivity contribution is 5.88. The Morgan fingerprint density at radius 2 is 1.94 bits per heavy atom. The Morgan fingerprint density at radius 3 is 2.47 bits per heavy atom. The van der Waals surface area contributed by atoms with Gasteiger partial charge in [0, 0.05) is 6.54 Å². The van der Waals surface area contributed by atoms with Crippen LogP contribution in [0.2, 0.25) is 0 Å². The highest BCUT2D eigenvalue weighted by Crippen LogP contribution is 2.08. The summed E-state index contributed by atoms with van der Waals surface area (Å²) >= 11 is 0. The molecule has 0 fully saturated rings. The maximum Gasteiger partial charge on any atom is 0.360 e. The van der Waals surface area contributed by atoms with Gasteiger partial charge in [-0.05, 0) is 18.8 Å². The fourth-order valence-electron chi connectivity index (χ4n) is 1.38. The predicted octanol–water partition coefficient (Wildman–Crippen LogP) is 2.06. The summed E-state index contributed by atoms with van der Waals surface area (Å²) in [5.74, 6) is 0.408. The molecule has 17 heavy (non-hydrogen) atoms. The summed E-state index contributed by atoms with van der Waals surface area (Å²) in [6.45, 7) is 11.2. The zero-order valence-corrected chi connectivity index (χ0v) is 11.2. The normalized spacial score (nSPS) is 11.2. The number of carbonyl (C=O) groups is 1. The van der Waals surface area contributed by atoms with E-state index in [0.29, 0.717) is 24.1 Å². The standard InChI is InChI=1S/C12H21N3O2/c1-8(2)6-15-10(5)11(13-14-15)12(16)17-7-9(3)4/h8-9H,6-7H2,1-5H3. The van der Waals surface area contributed by atoms with Crippen LogP contribution in [0.25, 0.3) is 0 Å². The highest BCUT2D eigenvalue weighted by Gasteiger charge is 2.18. The molecule has 0 saturated heterocycles. The number of hydrogen-bond acceptors (Lipinski definition) is 4. The third kappa shape index (κ3) is 3.84. The van der Waals surface area contributed by atoms with E-state index < -0.39 is 0 Å². The van der Waals surface area contributed by atoms with Crippen LogP contribution < -0.4 is 0 Å². The van der Waals surface area contributed by atoms with E-state index in [-0.39, 0.29) is 5.97 Å². The quantitative estimate of drug-likeness (QED) is 0.738. The van der Waals surface area contributed by atoms with Crippen LogP contribution in [-0.2, 0) is 11.3 Å². The lowest BCUT2D eigenvalue weighted by atomic mass is 10.2. The Morgan fingerprint density at radius 1 is 1.29 bits per heavy atom. The molecule has 0 aliphatic carbocycles. The first-order chi connectivity index (χ1) is 7.91. The van der Waals surface area contributed by atoms with Gasteiger partial charge in [-0.15, -0.1) is 5.10 Å². The van der Waals surface area contributed by atoms with E-state index in [2.05, 4.69) is 24.2 Å². The average molecular weight is 239 g/mol. The first kappa shape index (κ1) is 13.7. The molecule has 0 amide bonds. The predicted molar refractivity (Wildman–Crippen MR) is 64.7 cm³/mol. The molecule has 1 heterocycles. The molecule has 0 aromatic carbocycles. The molecule has 5 nitrogen and oxygen atoms in total. The molecule has 1 aromatic rings. The van der Waals surface area contributed by atoms with E-state index in [4.69, 9.17) is 4.74 Å². The topological polar surface area (TPSA) is 57.0 Å². The van der Waals surface area contributed by atoms with Crippen molar-refractivity contribution in [1.29, 1.82) is 0 Å². The minimum atomic E-state index is -0.383. The Kier molecular flexibility index (Phi) is 4.66. The molecule has 0 radical (unpaired) electrons. The van der Waals surface area contributed by atoms with Gasteiger partial charge in [-0.25, -0.2) is 9.48 Å². The fourth-order valence-corrected chi connectivity index (χ4v) is 1.38. The Hall–Kier alpha value is -1.39. The van der Waals surface area contributed by atoms with Crippen molar-refractivity contribution in [3.63, 3.8) is 0 Å². The van der Waals surface area contributed by atoms with Crippen LogP contribution in [0.1, 0.15) is 43.9 Å². The summed E-state index contributed by atoms with van der Waals surface area (Å²) in [5.41, 5.74) is 1.10. The zero-order chi connectivity index (χ0) is 13.0. The SMILES string of the molecule is Cc1c(C(=O)OCC(C)C)nnn1CC(C)C. The van der Waals surface area contributed by atoms with Crippen LogP contribution in [0, 0.1) is 18.8 Å². The van der Waals surface area contributed by atoms with Crippen molar-refractivity contribution in [2.75, 3.05) is 6.61 Å². The van der Waals surface area contributed by atoms with Gasteiger partial charge < -0.3 is 4.74 Å². The minimum Gasteiger partial charge on any atom is -0.461 e. The summed E-state index contributed by atoms with van der Waals surface area (Å²) < 4.78 is 6.88. The van der Waals surface area contributed by atoms with Gasteiger partial charge in [0.2, 0.25) is 0 Å². The molecule has 0 spiro atoms. The summed E-state index contributed by atoms with van der Waals surface area (Å²) in [7, 11) is 0. The summed E-state index contributed by atoms with van der Waals surface area (Å²) in [5, 5.41) is 7.85. The maximum absolute atomic E-state index is 11.7. The third-order valence-electron chi connectivity index (χ3n) is 2.26. The van der Waals surface area contributed by atoms with Crippen molar-refractivity contribution >= 4 is 5.97 Å². The average Bonchev–Trinajstić information content (AvgIpc) is 2.56. The first-order valence-electron chi connectivity index (χ1n) is 5.99. The molecule has 0 atom stereocenters. The molecule has 0 bridgehead atoms. The molecular weight excluding hydrogens is 218 g/mol. The monoisotopic (exact) mass is 239 g/mol. The number of nitrogens with zero attached hydrogens (tertiary/aromatic N) is 3. The van der Waals surface area contributed by atoms with Crippen LogP contribution in [-0.4, -0.2) is 27.6 Å². The third-order valence-corrected chi connectivity index (χ3v) is 2.26. The molecule has 0 aliphatic rings. The van der Waals surface area contributed by atoms with Crippen molar-refractivity contribution in [2.45, 2.75) is 41.2 Å². The molecule has 0 unspecified atom stereocenters. The van der Waals surface area contributed by atoms with Gasteiger partial charge in [-0.3, -0.25) is 0 Å². The Bertz CT molecular complexity index is 383. The van der Waals surface area contributed by atoms with Gasteiger partial charge in [-0.2, -0.15) is 0 Å². The smallest absolute Gasteiger partial charge is 0.360 e. The molecule has 1 aromatic heterocycles. The second kappa shape index (κ2) is 5.80. The van der Waals surface area contributed by atoms with Crippen molar-refractivity contribution in [3.05, 3.63) is 11.4 Å². The van der Waals surface area contributed by atoms with E-state index in [1.165, 1.54) is 0 Å². The lowest BCUT2D eigenvalue weighted by Gasteiger charge is -2.07. The first-order valence-corrected chi connectivity index (χ1v) is 5.99. The number of aromatic nitrogens is 3. The Balaban J connectivity index is 2.71. The minimum absolute atomic E-state index is 0.324. The Labute approximate surface area is 102 Å². The zero-order valence-electron chi connectivity index (χ0n) is 11.2. The van der Waals surface area contributed by atoms with E-state index in [0.717, 1.165) is 12.2 Å². The van der Waals surface area contributed by atoms with Crippen molar-refractivity contribution < 1.29 is 9.53 Å². The summed E-state index contributed by atoms with van der Waals surface area (Å²) in [4.78, 5) is 11.7. The molecular formula is C12H21N3O2. The van der Waals surface area contributed by atoms with E-state index >= 15 is 0 Å². The largest absolute Gasteiger partial charge is 0.461 e. The van der Waals surface area contributed by atoms with Gasteiger partial charge in [0.15, 0.2) is 5.69 Å². The van der Waals surface area contributed by atoms with Gasteiger partial charge in [0.1, 0.15) is 0 Å². The molecule has 0 aliphatic heterocycles. The second-order valence-corrected chi connectivity index (χ2v) is 5.09. The second-order valence-electron chi connectivity index (χ2n) is 5.09. The highest BCUT2D eigenvalue weighted by atomic mass is 16.5. The van der Waals surface area contributed by atoms with Crippen molar-refractivity contribution in [1.82, 2.24) is 15.0 Å². The molecule has 5 heteroatoms. The van der Waals surface area contributed by atoms with Crippen LogP contribution in [0.4, 0.5) is 0 Å². The van der Waals surface area contributed by atoms with Crippen molar-refractivity contribution in [3.8, 4) is 0 Å². The van der Waals surface area contributed by atoms with E-state index in [1.54, 1.807) is 4.68 Å². The lowest BCUT2D eigenvalue weighted by molar-refractivity contribution is 0.0451. The number of hydrogen-bond donors (Lipinski definition) is 0. The van der Waals surface area contributed by atoms with Gasteiger partial charge in [0.05, 0.1) is 12.3 Å². The van der Waals surface area contributed by atoms with Gasteiger partial charge >= 0.3 is 5.97 Å². The number of rotatable bonds is 5. The van der Waals surface area contributed by atoms with Crippen LogP contribution in [0.5, 0.6) is 0 Å². The maximum atomic E-state index is 11.7. The van der Waals surface area contributed by atoms with Crippen LogP contribution >= 0.6 is 0 Å². The fraction of sp³-hybridized carbons (Fsp3) is 0.750. The molecule has 96 valence electrons. The van der Waals surface area contributed by atoms with Gasteiger partial charge in [-0.1, -0.05) is 32.9 Å². The van der Waals surface area contributed by atoms with Gasteiger partial charge in [0.25, 0.3) is 0 Å². The number of esters is 1. The number of ether oxygens (including phenoxy) is 1. The molecule has 0 N–H and O–H groups in total. The summed E-state index contributed by atoms with van der Waals surface area (Å²) in [6, 6.07) is 0. The number of carbonyl (C=O) groups excluding carboxylic acids is 1. The van der Waals surface area contributed by atoms with Crippen LogP contribution in [0.15, 0.2) is 0 Å². The lowest BCUT2D eigenvalue weighted by Crippen LogP contribution is -2.13. The summed E-state index contributed by atoms with van der Waals surface area (Å²) in [6.07, 6.45) is 0. The van der Waals surface area contributed by atoms with Crippen molar-refractivity contribution in [2.24, 2.45) is 11.8 Å². The van der Waals surface area contributed by atoms with E-state index in [9.17, 15) is 4.79 Å². The molecule has 0 saturated carbocycles. The molecule has 1 rings (SSSR count). The van der Waals surface area contributed by atoms with Crippen LogP contribution in [0.3, 0.4) is 0 Å².